The van der Waals surface area contributed by atoms with Crippen molar-refractivity contribution >= 4 is 11.7 Å². The van der Waals surface area contributed by atoms with Gasteiger partial charge in [-0.2, -0.15) is 0 Å². The van der Waals surface area contributed by atoms with Crippen LogP contribution >= 0.6 is 0 Å². The molecular formula is C19H22N2O2. The SMILES string of the molecule is O=C(O)C1CC(NCc2ccccc2)CN(c2ccccc2)C1. The lowest BCUT2D eigenvalue weighted by Gasteiger charge is -2.38. The number of hydrogen-bond donors (Lipinski definition) is 2. The average Bonchev–Trinajstić information content (AvgIpc) is 2.61. The number of benzene rings is 2. The Bertz CT molecular complexity index is 630. The molecule has 2 atom stereocenters. The molecule has 3 rings (SSSR count). The van der Waals surface area contributed by atoms with Crippen molar-refractivity contribution in [3.63, 3.8) is 0 Å². The van der Waals surface area contributed by atoms with Crippen LogP contribution in [0.4, 0.5) is 5.69 Å². The first-order valence-corrected chi connectivity index (χ1v) is 8.02. The highest BCUT2D eigenvalue weighted by atomic mass is 16.4. The topological polar surface area (TPSA) is 52.6 Å². The molecule has 120 valence electrons. The summed E-state index contributed by atoms with van der Waals surface area (Å²) in [5, 5.41) is 13.0. The average molecular weight is 310 g/mol. The summed E-state index contributed by atoms with van der Waals surface area (Å²) in [4.78, 5) is 13.7. The molecule has 0 amide bonds. The van der Waals surface area contributed by atoms with Crippen molar-refractivity contribution in [1.82, 2.24) is 5.32 Å². The van der Waals surface area contributed by atoms with Crippen molar-refractivity contribution in [1.29, 1.82) is 0 Å². The first-order chi connectivity index (χ1) is 11.2. The van der Waals surface area contributed by atoms with Gasteiger partial charge >= 0.3 is 5.97 Å². The zero-order valence-corrected chi connectivity index (χ0v) is 13.1. The molecule has 1 aliphatic heterocycles. The molecule has 23 heavy (non-hydrogen) atoms. The van der Waals surface area contributed by atoms with Crippen LogP contribution in [0.2, 0.25) is 0 Å². The fourth-order valence-electron chi connectivity index (χ4n) is 3.13. The lowest BCUT2D eigenvalue weighted by molar-refractivity contribution is -0.142. The highest BCUT2D eigenvalue weighted by Crippen LogP contribution is 2.23. The molecular weight excluding hydrogens is 288 g/mol. The van der Waals surface area contributed by atoms with Gasteiger partial charge < -0.3 is 15.3 Å². The van der Waals surface area contributed by atoms with Gasteiger partial charge in [0, 0.05) is 31.4 Å². The van der Waals surface area contributed by atoms with Crippen LogP contribution in [-0.4, -0.2) is 30.2 Å². The number of aliphatic carboxylic acids is 1. The third-order valence-corrected chi connectivity index (χ3v) is 4.36. The van der Waals surface area contributed by atoms with E-state index < -0.39 is 5.97 Å². The molecule has 2 unspecified atom stereocenters. The van der Waals surface area contributed by atoms with Crippen LogP contribution in [0, 0.1) is 5.92 Å². The van der Waals surface area contributed by atoms with Crippen LogP contribution in [0.15, 0.2) is 60.7 Å². The fraction of sp³-hybridized carbons (Fsp3) is 0.316. The highest BCUT2D eigenvalue weighted by molar-refractivity contribution is 5.71. The van der Waals surface area contributed by atoms with Gasteiger partial charge in [-0.15, -0.1) is 0 Å². The van der Waals surface area contributed by atoms with Crippen molar-refractivity contribution in [2.45, 2.75) is 19.0 Å². The Morgan fingerprint density at radius 2 is 1.70 bits per heavy atom. The number of carboxylic acids is 1. The predicted octanol–water partition coefficient (Wildman–Crippen LogP) is 2.76. The molecule has 0 saturated carbocycles. The number of nitrogens with zero attached hydrogens (tertiary/aromatic N) is 1. The minimum atomic E-state index is -0.711. The van der Waals surface area contributed by atoms with E-state index in [4.69, 9.17) is 0 Å². The van der Waals surface area contributed by atoms with Gasteiger partial charge in [0.05, 0.1) is 5.92 Å². The Labute approximate surface area is 136 Å². The second kappa shape index (κ2) is 7.29. The molecule has 1 aliphatic rings. The van der Waals surface area contributed by atoms with Gasteiger partial charge in [0.15, 0.2) is 0 Å². The maximum absolute atomic E-state index is 11.5. The maximum Gasteiger partial charge on any atom is 0.308 e. The highest BCUT2D eigenvalue weighted by Gasteiger charge is 2.31. The van der Waals surface area contributed by atoms with Gasteiger partial charge in [0.2, 0.25) is 0 Å². The van der Waals surface area contributed by atoms with E-state index >= 15 is 0 Å². The fourth-order valence-corrected chi connectivity index (χ4v) is 3.13. The lowest BCUT2D eigenvalue weighted by atomic mass is 9.93. The largest absolute Gasteiger partial charge is 0.481 e. The van der Waals surface area contributed by atoms with Crippen LogP contribution in [0.25, 0.3) is 0 Å². The van der Waals surface area contributed by atoms with E-state index in [0.29, 0.717) is 13.0 Å². The zero-order chi connectivity index (χ0) is 16.1. The number of para-hydroxylation sites is 1. The summed E-state index contributed by atoms with van der Waals surface area (Å²) in [5.74, 6) is -1.05. The van der Waals surface area contributed by atoms with E-state index in [1.165, 1.54) is 5.56 Å². The maximum atomic E-state index is 11.5. The summed E-state index contributed by atoms with van der Waals surface area (Å²) >= 11 is 0. The van der Waals surface area contributed by atoms with E-state index in [9.17, 15) is 9.90 Å². The molecule has 4 heteroatoms. The normalized spacial score (nSPS) is 21.1. The summed E-state index contributed by atoms with van der Waals surface area (Å²) in [6.45, 7) is 2.17. The number of rotatable bonds is 5. The minimum Gasteiger partial charge on any atom is -0.481 e. The van der Waals surface area contributed by atoms with Crippen LogP contribution in [0.1, 0.15) is 12.0 Å². The Morgan fingerprint density at radius 1 is 1.04 bits per heavy atom. The van der Waals surface area contributed by atoms with Crippen molar-refractivity contribution in [3.8, 4) is 0 Å². The van der Waals surface area contributed by atoms with Crippen LogP contribution < -0.4 is 10.2 Å². The van der Waals surface area contributed by atoms with E-state index in [1.54, 1.807) is 0 Å². The molecule has 2 aromatic carbocycles. The van der Waals surface area contributed by atoms with Crippen LogP contribution in [-0.2, 0) is 11.3 Å². The molecule has 1 fully saturated rings. The van der Waals surface area contributed by atoms with Gasteiger partial charge in [-0.1, -0.05) is 48.5 Å². The first-order valence-electron chi connectivity index (χ1n) is 8.02. The molecule has 2 aromatic rings. The first kappa shape index (κ1) is 15.6. The number of nitrogens with one attached hydrogen (secondary N) is 1. The molecule has 0 spiro atoms. The lowest BCUT2D eigenvalue weighted by Crippen LogP contribution is -2.51. The molecule has 0 bridgehead atoms. The molecule has 4 nitrogen and oxygen atoms in total. The Morgan fingerprint density at radius 3 is 2.35 bits per heavy atom. The summed E-state index contributed by atoms with van der Waals surface area (Å²) < 4.78 is 0. The second-order valence-electron chi connectivity index (χ2n) is 6.07. The third kappa shape index (κ3) is 4.11. The van der Waals surface area contributed by atoms with Gasteiger partial charge in [0.25, 0.3) is 0 Å². The molecule has 0 aromatic heterocycles. The molecule has 0 radical (unpaired) electrons. The van der Waals surface area contributed by atoms with Crippen molar-refractivity contribution in [3.05, 3.63) is 66.2 Å². The van der Waals surface area contributed by atoms with Gasteiger partial charge in [-0.05, 0) is 24.1 Å². The molecule has 2 N–H and O–H groups in total. The Kier molecular flexibility index (Phi) is 4.93. The van der Waals surface area contributed by atoms with Gasteiger partial charge in [0.1, 0.15) is 0 Å². The number of hydrogen-bond acceptors (Lipinski definition) is 3. The Balaban J connectivity index is 1.68. The molecule has 1 saturated heterocycles. The minimum absolute atomic E-state index is 0.172. The smallest absolute Gasteiger partial charge is 0.308 e. The van der Waals surface area contributed by atoms with E-state index in [2.05, 4.69) is 22.3 Å². The molecule has 0 aliphatic carbocycles. The quantitative estimate of drug-likeness (QED) is 0.891. The predicted molar refractivity (Wildman–Crippen MR) is 91.5 cm³/mol. The number of carbonyl (C=O) groups is 1. The van der Waals surface area contributed by atoms with Gasteiger partial charge in [-0.25, -0.2) is 0 Å². The van der Waals surface area contributed by atoms with Crippen molar-refractivity contribution in [2.24, 2.45) is 5.92 Å². The number of piperidine rings is 1. The zero-order valence-electron chi connectivity index (χ0n) is 13.1. The summed E-state index contributed by atoms with van der Waals surface area (Å²) in [6.07, 6.45) is 0.672. The van der Waals surface area contributed by atoms with Crippen molar-refractivity contribution in [2.75, 3.05) is 18.0 Å². The number of anilines is 1. The summed E-state index contributed by atoms with van der Waals surface area (Å²) in [5.41, 5.74) is 2.31. The third-order valence-electron chi connectivity index (χ3n) is 4.36. The van der Waals surface area contributed by atoms with E-state index in [0.717, 1.165) is 18.8 Å². The summed E-state index contributed by atoms with van der Waals surface area (Å²) in [7, 11) is 0. The van der Waals surface area contributed by atoms with Crippen LogP contribution in [0.5, 0.6) is 0 Å². The van der Waals surface area contributed by atoms with Crippen molar-refractivity contribution < 1.29 is 9.90 Å². The Hall–Kier alpha value is -2.33. The monoisotopic (exact) mass is 310 g/mol. The summed E-state index contributed by atoms with van der Waals surface area (Å²) in [6, 6.07) is 20.4. The van der Waals surface area contributed by atoms with Crippen LogP contribution in [0.3, 0.4) is 0 Å². The van der Waals surface area contributed by atoms with E-state index in [-0.39, 0.29) is 12.0 Å². The number of carboxylic acid groups (broad SMARTS) is 1. The van der Waals surface area contributed by atoms with Gasteiger partial charge in [-0.3, -0.25) is 4.79 Å². The second-order valence-corrected chi connectivity index (χ2v) is 6.07. The molecule has 1 heterocycles. The van der Waals surface area contributed by atoms with E-state index in [1.807, 2.05) is 48.5 Å². The standard InChI is InChI=1S/C19H22N2O2/c22-19(23)16-11-17(20-12-15-7-3-1-4-8-15)14-21(13-16)18-9-5-2-6-10-18/h1-10,16-17,20H,11-14H2,(H,22,23).